The van der Waals surface area contributed by atoms with Crippen LogP contribution in [-0.4, -0.2) is 22.2 Å². The number of carbonyl (C=O) groups is 1. The second-order valence-corrected chi connectivity index (χ2v) is 5.06. The zero-order valence-electron chi connectivity index (χ0n) is 10.1. The van der Waals surface area contributed by atoms with Crippen LogP contribution in [0.4, 0.5) is 0 Å². The number of thiazole rings is 1. The highest BCUT2D eigenvalue weighted by Gasteiger charge is 2.10. The number of aromatic carboxylic acids is 1. The summed E-state index contributed by atoms with van der Waals surface area (Å²) >= 11 is 1.16. The van der Waals surface area contributed by atoms with Gasteiger partial charge in [0.2, 0.25) is 0 Å². The summed E-state index contributed by atoms with van der Waals surface area (Å²) in [6.07, 6.45) is 1.51. The summed E-state index contributed by atoms with van der Waals surface area (Å²) in [5, 5.41) is 9.54. The van der Waals surface area contributed by atoms with E-state index in [4.69, 9.17) is 9.84 Å². The Morgan fingerprint density at radius 3 is 2.50 bits per heavy atom. The first-order chi connectivity index (χ1) is 8.56. The molecule has 0 bridgehead atoms. The molecule has 0 fully saturated rings. The molecule has 0 amide bonds. The van der Waals surface area contributed by atoms with Crippen molar-refractivity contribution < 1.29 is 14.6 Å². The van der Waals surface area contributed by atoms with Gasteiger partial charge in [-0.1, -0.05) is 0 Å². The highest BCUT2D eigenvalue weighted by atomic mass is 32.1. The minimum atomic E-state index is -0.946. The minimum absolute atomic E-state index is 0.134. The topological polar surface area (TPSA) is 59.4 Å². The molecule has 94 valence electrons. The maximum atomic E-state index is 10.8. The van der Waals surface area contributed by atoms with Gasteiger partial charge in [-0.3, -0.25) is 0 Å². The van der Waals surface area contributed by atoms with Crippen LogP contribution in [-0.2, 0) is 0 Å². The normalized spacial score (nSPS) is 10.6. The number of ether oxygens (including phenoxy) is 1. The van der Waals surface area contributed by atoms with Gasteiger partial charge in [0.15, 0.2) is 0 Å². The summed E-state index contributed by atoms with van der Waals surface area (Å²) in [5.41, 5.74) is 0.892. The summed E-state index contributed by atoms with van der Waals surface area (Å²) in [6, 6.07) is 7.47. The number of benzene rings is 1. The van der Waals surface area contributed by atoms with E-state index < -0.39 is 5.97 Å². The Kier molecular flexibility index (Phi) is 3.62. The summed E-state index contributed by atoms with van der Waals surface area (Å²) in [7, 11) is 0. The van der Waals surface area contributed by atoms with Crippen LogP contribution in [0.5, 0.6) is 5.75 Å². The molecule has 1 heterocycles. The molecule has 2 rings (SSSR count). The number of rotatable bonds is 4. The first kappa shape index (κ1) is 12.6. The van der Waals surface area contributed by atoms with Gasteiger partial charge in [0.1, 0.15) is 15.6 Å². The van der Waals surface area contributed by atoms with Crippen molar-refractivity contribution in [1.29, 1.82) is 0 Å². The first-order valence-corrected chi connectivity index (χ1v) is 6.34. The number of hydrogen-bond acceptors (Lipinski definition) is 4. The lowest BCUT2D eigenvalue weighted by Crippen LogP contribution is -2.05. The van der Waals surface area contributed by atoms with Crippen LogP contribution in [0.15, 0.2) is 30.5 Å². The highest BCUT2D eigenvalue weighted by Crippen LogP contribution is 2.27. The smallest absolute Gasteiger partial charge is 0.347 e. The lowest BCUT2D eigenvalue weighted by atomic mass is 10.2. The molecule has 1 aromatic heterocycles. The van der Waals surface area contributed by atoms with Gasteiger partial charge in [-0.2, -0.15) is 0 Å². The summed E-state index contributed by atoms with van der Waals surface area (Å²) < 4.78 is 5.54. The van der Waals surface area contributed by atoms with Crippen LogP contribution in [0.1, 0.15) is 23.5 Å². The minimum Gasteiger partial charge on any atom is -0.491 e. The molecule has 4 nitrogen and oxygen atoms in total. The number of hydrogen-bond donors (Lipinski definition) is 1. The van der Waals surface area contributed by atoms with Crippen LogP contribution < -0.4 is 4.74 Å². The van der Waals surface area contributed by atoms with Gasteiger partial charge in [-0.25, -0.2) is 9.78 Å². The quantitative estimate of drug-likeness (QED) is 0.919. The summed E-state index contributed by atoms with van der Waals surface area (Å²) in [5.74, 6) is -0.151. The third-order valence-corrected chi connectivity index (χ3v) is 3.22. The molecule has 0 unspecified atom stereocenters. The van der Waals surface area contributed by atoms with Crippen LogP contribution in [0, 0.1) is 0 Å². The number of aromatic nitrogens is 1. The van der Waals surface area contributed by atoms with Gasteiger partial charge >= 0.3 is 5.97 Å². The van der Waals surface area contributed by atoms with Crippen molar-refractivity contribution >= 4 is 17.3 Å². The van der Waals surface area contributed by atoms with Crippen molar-refractivity contribution in [2.45, 2.75) is 20.0 Å². The first-order valence-electron chi connectivity index (χ1n) is 5.52. The van der Waals surface area contributed by atoms with E-state index >= 15 is 0 Å². The van der Waals surface area contributed by atoms with E-state index in [1.807, 2.05) is 38.1 Å². The lowest BCUT2D eigenvalue weighted by Gasteiger charge is -2.09. The Balaban J connectivity index is 2.20. The van der Waals surface area contributed by atoms with Crippen molar-refractivity contribution in [2.24, 2.45) is 0 Å². The fourth-order valence-electron chi connectivity index (χ4n) is 1.45. The van der Waals surface area contributed by atoms with Crippen LogP contribution >= 0.6 is 11.3 Å². The van der Waals surface area contributed by atoms with Crippen molar-refractivity contribution in [3.05, 3.63) is 35.3 Å². The monoisotopic (exact) mass is 263 g/mol. The largest absolute Gasteiger partial charge is 0.491 e. The van der Waals surface area contributed by atoms with E-state index in [-0.39, 0.29) is 11.0 Å². The van der Waals surface area contributed by atoms with Gasteiger partial charge in [0.05, 0.1) is 12.3 Å². The van der Waals surface area contributed by atoms with Crippen LogP contribution in [0.25, 0.3) is 10.6 Å². The third-order valence-electron chi connectivity index (χ3n) is 2.19. The van der Waals surface area contributed by atoms with Gasteiger partial charge in [-0.15, -0.1) is 11.3 Å². The van der Waals surface area contributed by atoms with Gasteiger partial charge in [0.25, 0.3) is 0 Å². The molecule has 0 aliphatic carbocycles. The third kappa shape index (κ3) is 2.87. The predicted molar refractivity (Wildman–Crippen MR) is 70.3 cm³/mol. The lowest BCUT2D eigenvalue weighted by molar-refractivity contribution is 0.0702. The van der Waals surface area contributed by atoms with Crippen LogP contribution in [0.3, 0.4) is 0 Å². The molecule has 0 saturated heterocycles. The van der Waals surface area contributed by atoms with Gasteiger partial charge < -0.3 is 9.84 Å². The van der Waals surface area contributed by atoms with Gasteiger partial charge in [0, 0.05) is 5.56 Å². The molecular formula is C13H13NO3S. The molecular weight excluding hydrogens is 250 g/mol. The molecule has 0 aliphatic rings. The molecule has 0 aliphatic heterocycles. The Morgan fingerprint density at radius 1 is 1.33 bits per heavy atom. The number of nitrogens with zero attached hydrogens (tertiary/aromatic N) is 1. The zero-order valence-corrected chi connectivity index (χ0v) is 10.9. The van der Waals surface area contributed by atoms with Gasteiger partial charge in [-0.05, 0) is 38.1 Å². The maximum absolute atomic E-state index is 10.8. The van der Waals surface area contributed by atoms with Crippen LogP contribution in [0.2, 0.25) is 0 Å². The summed E-state index contributed by atoms with van der Waals surface area (Å²) in [6.45, 7) is 3.93. The highest BCUT2D eigenvalue weighted by molar-refractivity contribution is 7.16. The average molecular weight is 263 g/mol. The summed E-state index contributed by atoms with van der Waals surface area (Å²) in [4.78, 5) is 15.1. The van der Waals surface area contributed by atoms with E-state index in [1.54, 1.807) is 0 Å². The van der Waals surface area contributed by atoms with Crippen molar-refractivity contribution in [1.82, 2.24) is 4.98 Å². The molecule has 1 aromatic carbocycles. The maximum Gasteiger partial charge on any atom is 0.347 e. The van der Waals surface area contributed by atoms with E-state index in [0.717, 1.165) is 22.6 Å². The Hall–Kier alpha value is -1.88. The number of carboxylic acids is 1. The fourth-order valence-corrected chi connectivity index (χ4v) is 2.22. The van der Waals surface area contributed by atoms with Crippen molar-refractivity contribution in [3.8, 4) is 16.3 Å². The Morgan fingerprint density at radius 2 is 2.00 bits per heavy atom. The van der Waals surface area contributed by atoms with E-state index in [9.17, 15) is 4.79 Å². The standard InChI is InChI=1S/C13H13NO3S/c1-8(2)17-10-5-3-9(4-6-10)12-14-7-11(18-12)13(15)16/h3-8H,1-2H3,(H,15,16). The predicted octanol–water partition coefficient (Wildman–Crippen LogP) is 3.30. The molecule has 5 heteroatoms. The van der Waals surface area contributed by atoms with E-state index in [2.05, 4.69) is 4.98 Å². The molecule has 0 radical (unpaired) electrons. The SMILES string of the molecule is CC(C)Oc1ccc(-c2ncc(C(=O)O)s2)cc1. The zero-order chi connectivity index (χ0) is 13.1. The van der Waals surface area contributed by atoms with E-state index in [1.165, 1.54) is 6.20 Å². The second kappa shape index (κ2) is 5.18. The number of carboxylic acid groups (broad SMARTS) is 1. The van der Waals surface area contributed by atoms with E-state index in [0.29, 0.717) is 5.01 Å². The Bertz CT molecular complexity index is 546. The molecule has 2 aromatic rings. The Labute approximate surface area is 109 Å². The molecule has 0 atom stereocenters. The van der Waals surface area contributed by atoms with Crippen molar-refractivity contribution in [3.63, 3.8) is 0 Å². The molecule has 0 saturated carbocycles. The fraction of sp³-hybridized carbons (Fsp3) is 0.231. The molecule has 1 N–H and O–H groups in total. The second-order valence-electron chi connectivity index (χ2n) is 4.03. The molecule has 18 heavy (non-hydrogen) atoms. The molecule has 0 spiro atoms. The average Bonchev–Trinajstić information content (AvgIpc) is 2.78. The van der Waals surface area contributed by atoms with Crippen molar-refractivity contribution in [2.75, 3.05) is 0 Å².